The van der Waals surface area contributed by atoms with E-state index in [-0.39, 0.29) is 30.7 Å². The summed E-state index contributed by atoms with van der Waals surface area (Å²) >= 11 is 0. The van der Waals surface area contributed by atoms with Crippen LogP contribution >= 0.6 is 0 Å². The minimum atomic E-state index is -0.298. The van der Waals surface area contributed by atoms with Gasteiger partial charge in [-0.15, -0.1) is 0 Å². The van der Waals surface area contributed by atoms with Crippen molar-refractivity contribution in [1.82, 2.24) is 24.7 Å². The average molecular weight is 417 g/mol. The van der Waals surface area contributed by atoms with Crippen LogP contribution in [0, 0.1) is 6.92 Å². The summed E-state index contributed by atoms with van der Waals surface area (Å²) < 4.78 is 3.40. The zero-order chi connectivity index (χ0) is 22.3. The van der Waals surface area contributed by atoms with Gasteiger partial charge in [0, 0.05) is 46.0 Å². The molecule has 0 spiro atoms. The normalized spacial score (nSPS) is 10.9. The molecule has 0 aliphatic rings. The highest BCUT2D eigenvalue weighted by Crippen LogP contribution is 2.15. The molecule has 2 aromatic heterocycles. The number of nitrogens with zero attached hydrogens (tertiary/aromatic N) is 3. The lowest BCUT2D eigenvalue weighted by atomic mass is 10.3. The fraction of sp³-hybridized carbons (Fsp3) is 0.476. The number of rotatable bonds is 10. The molecule has 164 valence electrons. The topological polar surface area (TPSA) is 100 Å². The second kappa shape index (κ2) is 10.6. The first-order valence-corrected chi connectivity index (χ1v) is 9.97. The van der Waals surface area contributed by atoms with Gasteiger partial charge in [-0.1, -0.05) is 0 Å². The van der Waals surface area contributed by atoms with Crippen molar-refractivity contribution >= 4 is 23.4 Å². The standard InChI is InChI=1S/C21H32N6O3/c1-15-11-17(26(4)13-15)21(30)24-16-12-18(27(5)14-16)20(29)23-9-7-19(28)22-8-6-10-25(2)3/h11-14H,6-10H2,1-5H3,(H,22,28)(H,23,29)(H,24,30). The first-order chi connectivity index (χ1) is 14.2. The molecule has 0 radical (unpaired) electrons. The third-order valence-electron chi connectivity index (χ3n) is 4.61. The van der Waals surface area contributed by atoms with Gasteiger partial charge in [-0.05, 0) is 51.7 Å². The Balaban J connectivity index is 1.81. The van der Waals surface area contributed by atoms with Crippen LogP contribution in [0.3, 0.4) is 0 Å². The number of hydrogen-bond acceptors (Lipinski definition) is 4. The minimum Gasteiger partial charge on any atom is -0.356 e. The van der Waals surface area contributed by atoms with Gasteiger partial charge in [0.1, 0.15) is 11.4 Å². The van der Waals surface area contributed by atoms with E-state index in [1.54, 1.807) is 34.5 Å². The molecular formula is C21H32N6O3. The quantitative estimate of drug-likeness (QED) is 0.505. The Labute approximate surface area is 177 Å². The zero-order valence-corrected chi connectivity index (χ0v) is 18.4. The smallest absolute Gasteiger partial charge is 0.272 e. The Morgan fingerprint density at radius 3 is 2.23 bits per heavy atom. The summed E-state index contributed by atoms with van der Waals surface area (Å²) in [5, 5.41) is 8.39. The summed E-state index contributed by atoms with van der Waals surface area (Å²) in [7, 11) is 7.51. The maximum atomic E-state index is 12.4. The van der Waals surface area contributed by atoms with Crippen molar-refractivity contribution in [3.8, 4) is 0 Å². The second-order valence-electron chi connectivity index (χ2n) is 7.71. The first-order valence-electron chi connectivity index (χ1n) is 9.97. The van der Waals surface area contributed by atoms with Crippen LogP contribution in [0.1, 0.15) is 39.4 Å². The Morgan fingerprint density at radius 1 is 0.933 bits per heavy atom. The molecular weight excluding hydrogens is 384 g/mol. The molecule has 30 heavy (non-hydrogen) atoms. The van der Waals surface area contributed by atoms with Crippen molar-refractivity contribution in [2.45, 2.75) is 19.8 Å². The lowest BCUT2D eigenvalue weighted by Crippen LogP contribution is -2.32. The highest BCUT2D eigenvalue weighted by Gasteiger charge is 2.15. The van der Waals surface area contributed by atoms with Gasteiger partial charge in [0.05, 0.1) is 5.69 Å². The second-order valence-corrected chi connectivity index (χ2v) is 7.71. The molecule has 0 aromatic carbocycles. The molecule has 0 unspecified atom stereocenters. The van der Waals surface area contributed by atoms with Gasteiger partial charge in [0.25, 0.3) is 11.8 Å². The van der Waals surface area contributed by atoms with Crippen LogP contribution in [0.5, 0.6) is 0 Å². The van der Waals surface area contributed by atoms with Gasteiger partial charge in [-0.3, -0.25) is 14.4 Å². The van der Waals surface area contributed by atoms with E-state index in [2.05, 4.69) is 20.9 Å². The van der Waals surface area contributed by atoms with E-state index >= 15 is 0 Å². The Morgan fingerprint density at radius 2 is 1.60 bits per heavy atom. The predicted octanol–water partition coefficient (Wildman–Crippen LogP) is 1.11. The molecule has 2 aromatic rings. The van der Waals surface area contributed by atoms with Gasteiger partial charge in [-0.25, -0.2) is 0 Å². The third-order valence-corrected chi connectivity index (χ3v) is 4.61. The van der Waals surface area contributed by atoms with Crippen LogP contribution in [0.2, 0.25) is 0 Å². The number of carbonyl (C=O) groups is 3. The Hall–Kier alpha value is -3.07. The fourth-order valence-electron chi connectivity index (χ4n) is 3.10. The molecule has 9 nitrogen and oxygen atoms in total. The van der Waals surface area contributed by atoms with E-state index in [9.17, 15) is 14.4 Å². The van der Waals surface area contributed by atoms with E-state index in [0.29, 0.717) is 23.6 Å². The molecule has 2 rings (SSSR count). The van der Waals surface area contributed by atoms with Crippen LogP contribution in [-0.2, 0) is 18.9 Å². The molecule has 3 N–H and O–H groups in total. The number of amides is 3. The molecule has 0 fully saturated rings. The van der Waals surface area contributed by atoms with E-state index in [4.69, 9.17) is 0 Å². The van der Waals surface area contributed by atoms with Gasteiger partial charge < -0.3 is 30.0 Å². The number of hydrogen-bond donors (Lipinski definition) is 3. The van der Waals surface area contributed by atoms with Crippen molar-refractivity contribution in [2.24, 2.45) is 14.1 Å². The van der Waals surface area contributed by atoms with Crippen LogP contribution in [0.15, 0.2) is 24.5 Å². The summed E-state index contributed by atoms with van der Waals surface area (Å²) in [6.07, 6.45) is 4.65. The molecule has 0 saturated carbocycles. The lowest BCUT2D eigenvalue weighted by Gasteiger charge is -2.10. The van der Waals surface area contributed by atoms with Gasteiger partial charge in [-0.2, -0.15) is 0 Å². The summed E-state index contributed by atoms with van der Waals surface area (Å²) in [6.45, 7) is 3.69. The monoisotopic (exact) mass is 416 g/mol. The van der Waals surface area contributed by atoms with Gasteiger partial charge in [0.2, 0.25) is 5.91 Å². The van der Waals surface area contributed by atoms with Gasteiger partial charge in [0.15, 0.2) is 0 Å². The number of nitrogens with one attached hydrogen (secondary N) is 3. The van der Waals surface area contributed by atoms with Crippen molar-refractivity contribution in [2.75, 3.05) is 39.0 Å². The van der Waals surface area contributed by atoms with Crippen molar-refractivity contribution in [1.29, 1.82) is 0 Å². The van der Waals surface area contributed by atoms with Crippen LogP contribution in [0.4, 0.5) is 5.69 Å². The molecule has 3 amide bonds. The SMILES string of the molecule is Cc1cc(C(=O)Nc2cc(C(=O)NCCC(=O)NCCCN(C)C)n(C)c2)n(C)c1. The molecule has 2 heterocycles. The molecule has 0 bridgehead atoms. The molecule has 0 atom stereocenters. The number of aromatic nitrogens is 2. The number of anilines is 1. The van der Waals surface area contributed by atoms with E-state index in [1.165, 1.54) is 0 Å². The zero-order valence-electron chi connectivity index (χ0n) is 18.4. The fourth-order valence-corrected chi connectivity index (χ4v) is 3.10. The molecule has 0 aliphatic carbocycles. The molecule has 0 aliphatic heterocycles. The maximum Gasteiger partial charge on any atom is 0.272 e. The summed E-state index contributed by atoms with van der Waals surface area (Å²) in [4.78, 5) is 38.8. The van der Waals surface area contributed by atoms with Crippen molar-refractivity contribution in [3.63, 3.8) is 0 Å². The third kappa shape index (κ3) is 6.77. The summed E-state index contributed by atoms with van der Waals surface area (Å²) in [6, 6.07) is 3.42. The largest absolute Gasteiger partial charge is 0.356 e. The Kier molecular flexibility index (Phi) is 8.23. The van der Waals surface area contributed by atoms with Crippen molar-refractivity contribution in [3.05, 3.63) is 41.5 Å². The van der Waals surface area contributed by atoms with E-state index < -0.39 is 0 Å². The summed E-state index contributed by atoms with van der Waals surface area (Å²) in [5.41, 5.74) is 2.47. The molecule has 9 heteroatoms. The average Bonchev–Trinajstić information content (AvgIpc) is 3.19. The summed E-state index contributed by atoms with van der Waals surface area (Å²) in [5.74, 6) is -0.631. The Bertz CT molecular complexity index is 897. The maximum absolute atomic E-state index is 12.4. The van der Waals surface area contributed by atoms with E-state index in [1.807, 2.05) is 34.3 Å². The minimum absolute atomic E-state index is 0.0910. The van der Waals surface area contributed by atoms with Crippen molar-refractivity contribution < 1.29 is 14.4 Å². The van der Waals surface area contributed by atoms with Crippen LogP contribution in [0.25, 0.3) is 0 Å². The lowest BCUT2D eigenvalue weighted by molar-refractivity contribution is -0.120. The molecule has 0 saturated heterocycles. The number of aryl methyl sites for hydroxylation is 3. The highest BCUT2D eigenvalue weighted by atomic mass is 16.2. The number of carbonyl (C=O) groups excluding carboxylic acids is 3. The predicted molar refractivity (Wildman–Crippen MR) is 117 cm³/mol. The highest BCUT2D eigenvalue weighted by molar-refractivity contribution is 6.04. The van der Waals surface area contributed by atoms with Gasteiger partial charge >= 0.3 is 0 Å². The van der Waals surface area contributed by atoms with Crippen LogP contribution < -0.4 is 16.0 Å². The first kappa shape index (κ1) is 23.2. The van der Waals surface area contributed by atoms with E-state index in [0.717, 1.165) is 18.5 Å². The van der Waals surface area contributed by atoms with Crippen LogP contribution in [-0.4, -0.2) is 65.5 Å².